The van der Waals surface area contributed by atoms with Crippen LogP contribution in [0.2, 0.25) is 0 Å². The van der Waals surface area contributed by atoms with Crippen molar-refractivity contribution in [3.63, 3.8) is 0 Å². The van der Waals surface area contributed by atoms with Crippen LogP contribution in [0, 0.1) is 0 Å². The smallest absolute Gasteiger partial charge is 0.227 e. The molecule has 2 aromatic rings. The highest BCUT2D eigenvalue weighted by Crippen LogP contribution is 2.29. The molecular weight excluding hydrogens is 274 g/mol. The van der Waals surface area contributed by atoms with Crippen molar-refractivity contribution in [3.05, 3.63) is 18.2 Å². The third-order valence-corrected chi connectivity index (χ3v) is 4.14. The average molecular weight is 291 g/mol. The minimum atomic E-state index is 0.00386. The molecule has 6 heteroatoms. The number of hydrogen-bond acceptors (Lipinski definition) is 5. The molecule has 1 aromatic heterocycles. The minimum Gasteiger partial charge on any atom is -0.497 e. The first-order valence-electron chi connectivity index (χ1n) is 6.72. The zero-order chi connectivity index (χ0) is 13.9. The summed E-state index contributed by atoms with van der Waals surface area (Å²) in [5.74, 6) is 0.803. The Hall–Kier alpha value is -1.66. The Morgan fingerprint density at radius 3 is 3.10 bits per heavy atom. The van der Waals surface area contributed by atoms with E-state index in [-0.39, 0.29) is 5.91 Å². The third kappa shape index (κ3) is 3.26. The van der Waals surface area contributed by atoms with Gasteiger partial charge in [0.05, 0.1) is 17.3 Å². The molecular formula is C14H17N3O2S. The Bertz CT molecular complexity index is 622. The van der Waals surface area contributed by atoms with Gasteiger partial charge in [-0.1, -0.05) is 11.3 Å². The van der Waals surface area contributed by atoms with Crippen molar-refractivity contribution < 1.29 is 9.53 Å². The molecule has 1 heterocycles. The van der Waals surface area contributed by atoms with Crippen molar-refractivity contribution in [2.75, 3.05) is 19.0 Å². The standard InChI is InChI=1S/C14H17N3O2S/c1-19-10-4-5-11-12(8-10)20-14(16-11)17-13(18)6-7-15-9-2-3-9/h4-5,8-9,15H,2-3,6-7H2,1H3,(H,16,17,18). The summed E-state index contributed by atoms with van der Waals surface area (Å²) in [6, 6.07) is 6.33. The minimum absolute atomic E-state index is 0.00386. The first-order chi connectivity index (χ1) is 9.74. The lowest BCUT2D eigenvalue weighted by atomic mass is 10.3. The van der Waals surface area contributed by atoms with Crippen LogP contribution in [0.15, 0.2) is 18.2 Å². The number of methoxy groups -OCH3 is 1. The van der Waals surface area contributed by atoms with Crippen LogP contribution < -0.4 is 15.4 Å². The summed E-state index contributed by atoms with van der Waals surface area (Å²) >= 11 is 1.46. The van der Waals surface area contributed by atoms with Crippen molar-refractivity contribution in [2.24, 2.45) is 0 Å². The number of fused-ring (bicyclic) bond motifs is 1. The summed E-state index contributed by atoms with van der Waals surface area (Å²) in [6.45, 7) is 0.731. The second-order valence-corrected chi connectivity index (χ2v) is 5.91. The molecule has 3 rings (SSSR count). The normalized spacial score (nSPS) is 14.4. The number of nitrogens with one attached hydrogen (secondary N) is 2. The quantitative estimate of drug-likeness (QED) is 0.858. The van der Waals surface area contributed by atoms with Gasteiger partial charge < -0.3 is 15.4 Å². The highest BCUT2D eigenvalue weighted by atomic mass is 32.1. The van der Waals surface area contributed by atoms with E-state index in [1.165, 1.54) is 24.2 Å². The van der Waals surface area contributed by atoms with Gasteiger partial charge in [-0.25, -0.2) is 4.98 Å². The van der Waals surface area contributed by atoms with Gasteiger partial charge in [-0.05, 0) is 31.0 Å². The molecule has 106 valence electrons. The Morgan fingerprint density at radius 2 is 2.35 bits per heavy atom. The predicted octanol–water partition coefficient (Wildman–Crippen LogP) is 2.39. The number of anilines is 1. The number of nitrogens with zero attached hydrogens (tertiary/aromatic N) is 1. The van der Waals surface area contributed by atoms with Gasteiger partial charge in [-0.3, -0.25) is 4.79 Å². The van der Waals surface area contributed by atoms with Crippen LogP contribution in [0.3, 0.4) is 0 Å². The van der Waals surface area contributed by atoms with Gasteiger partial charge in [0.2, 0.25) is 5.91 Å². The van der Waals surface area contributed by atoms with Crippen LogP contribution in [-0.2, 0) is 4.79 Å². The van der Waals surface area contributed by atoms with Crippen molar-refractivity contribution >= 4 is 32.6 Å². The fraction of sp³-hybridized carbons (Fsp3) is 0.429. The van der Waals surface area contributed by atoms with E-state index in [1.54, 1.807) is 7.11 Å². The molecule has 0 spiro atoms. The Labute approximate surface area is 121 Å². The largest absolute Gasteiger partial charge is 0.497 e. The molecule has 1 aromatic carbocycles. The molecule has 1 aliphatic rings. The summed E-state index contributed by atoms with van der Waals surface area (Å²) < 4.78 is 6.19. The third-order valence-electron chi connectivity index (χ3n) is 3.20. The molecule has 2 N–H and O–H groups in total. The number of carbonyl (C=O) groups is 1. The number of ether oxygens (including phenoxy) is 1. The van der Waals surface area contributed by atoms with Gasteiger partial charge in [-0.2, -0.15) is 0 Å². The fourth-order valence-electron chi connectivity index (χ4n) is 1.94. The van der Waals surface area contributed by atoms with Crippen LogP contribution in [0.1, 0.15) is 19.3 Å². The van der Waals surface area contributed by atoms with Gasteiger partial charge in [0.15, 0.2) is 5.13 Å². The predicted molar refractivity (Wildman–Crippen MR) is 80.4 cm³/mol. The summed E-state index contributed by atoms with van der Waals surface area (Å²) in [4.78, 5) is 16.2. The number of rotatable bonds is 6. The lowest BCUT2D eigenvalue weighted by molar-refractivity contribution is -0.116. The molecule has 1 fully saturated rings. The highest BCUT2D eigenvalue weighted by Gasteiger charge is 2.20. The van der Waals surface area contributed by atoms with Crippen molar-refractivity contribution in [1.82, 2.24) is 10.3 Å². The number of carbonyl (C=O) groups excluding carboxylic acids is 1. The Balaban J connectivity index is 1.59. The van der Waals surface area contributed by atoms with E-state index < -0.39 is 0 Å². The summed E-state index contributed by atoms with van der Waals surface area (Å²) in [5.41, 5.74) is 0.877. The average Bonchev–Trinajstić information content (AvgIpc) is 3.17. The van der Waals surface area contributed by atoms with E-state index in [9.17, 15) is 4.79 Å². The van der Waals surface area contributed by atoms with Gasteiger partial charge in [-0.15, -0.1) is 0 Å². The molecule has 1 saturated carbocycles. The van der Waals surface area contributed by atoms with Gasteiger partial charge >= 0.3 is 0 Å². The first-order valence-corrected chi connectivity index (χ1v) is 7.54. The molecule has 5 nitrogen and oxygen atoms in total. The van der Waals surface area contributed by atoms with Gasteiger partial charge in [0, 0.05) is 19.0 Å². The zero-order valence-electron chi connectivity index (χ0n) is 11.3. The van der Waals surface area contributed by atoms with E-state index in [2.05, 4.69) is 15.6 Å². The van der Waals surface area contributed by atoms with Crippen LogP contribution in [-0.4, -0.2) is 30.6 Å². The first kappa shape index (κ1) is 13.3. The molecule has 1 amide bonds. The second-order valence-electron chi connectivity index (χ2n) is 4.88. The van der Waals surface area contributed by atoms with E-state index in [1.807, 2.05) is 18.2 Å². The number of benzene rings is 1. The van der Waals surface area contributed by atoms with Crippen molar-refractivity contribution in [2.45, 2.75) is 25.3 Å². The number of amides is 1. The van der Waals surface area contributed by atoms with E-state index in [4.69, 9.17) is 4.74 Å². The highest BCUT2D eigenvalue weighted by molar-refractivity contribution is 7.22. The van der Waals surface area contributed by atoms with E-state index >= 15 is 0 Å². The molecule has 0 radical (unpaired) electrons. The lowest BCUT2D eigenvalue weighted by Gasteiger charge is -2.02. The Morgan fingerprint density at radius 1 is 1.50 bits per heavy atom. The van der Waals surface area contributed by atoms with Crippen LogP contribution >= 0.6 is 11.3 Å². The summed E-state index contributed by atoms with van der Waals surface area (Å²) in [7, 11) is 1.64. The summed E-state index contributed by atoms with van der Waals surface area (Å²) in [5, 5.41) is 6.81. The monoisotopic (exact) mass is 291 g/mol. The van der Waals surface area contributed by atoms with Crippen LogP contribution in [0.5, 0.6) is 5.75 Å². The molecule has 0 bridgehead atoms. The lowest BCUT2D eigenvalue weighted by Crippen LogP contribution is -2.23. The SMILES string of the molecule is COc1ccc2nc(NC(=O)CCNC3CC3)sc2c1. The molecule has 0 saturated heterocycles. The van der Waals surface area contributed by atoms with E-state index in [0.717, 1.165) is 22.5 Å². The van der Waals surface area contributed by atoms with Crippen molar-refractivity contribution in [1.29, 1.82) is 0 Å². The summed E-state index contributed by atoms with van der Waals surface area (Å²) in [6.07, 6.45) is 2.96. The number of aromatic nitrogens is 1. The molecule has 20 heavy (non-hydrogen) atoms. The van der Waals surface area contributed by atoms with Gasteiger partial charge in [0.25, 0.3) is 0 Å². The molecule has 0 aliphatic heterocycles. The van der Waals surface area contributed by atoms with E-state index in [0.29, 0.717) is 17.6 Å². The number of hydrogen-bond donors (Lipinski definition) is 2. The zero-order valence-corrected chi connectivity index (χ0v) is 12.1. The maximum atomic E-state index is 11.8. The van der Waals surface area contributed by atoms with Crippen LogP contribution in [0.4, 0.5) is 5.13 Å². The topological polar surface area (TPSA) is 63.2 Å². The Kier molecular flexibility index (Phi) is 3.84. The van der Waals surface area contributed by atoms with Crippen LogP contribution in [0.25, 0.3) is 10.2 Å². The van der Waals surface area contributed by atoms with Gasteiger partial charge in [0.1, 0.15) is 5.75 Å². The number of thiazole rings is 1. The van der Waals surface area contributed by atoms with Crippen molar-refractivity contribution in [3.8, 4) is 5.75 Å². The molecule has 1 aliphatic carbocycles. The molecule has 0 unspecified atom stereocenters. The maximum Gasteiger partial charge on any atom is 0.227 e. The second kappa shape index (κ2) is 5.76. The maximum absolute atomic E-state index is 11.8. The molecule has 0 atom stereocenters. The fourth-order valence-corrected chi connectivity index (χ4v) is 2.85.